The van der Waals surface area contributed by atoms with Crippen LogP contribution in [-0.2, 0) is 22.7 Å². The smallest absolute Gasteiger partial charge is 0.174 e. The predicted octanol–water partition coefficient (Wildman–Crippen LogP) is 4.41. The van der Waals surface area contributed by atoms with Crippen LogP contribution in [0.3, 0.4) is 0 Å². The molecule has 0 heterocycles. The summed E-state index contributed by atoms with van der Waals surface area (Å²) in [5.41, 5.74) is 2.12. The van der Waals surface area contributed by atoms with Crippen LogP contribution in [0.2, 0.25) is 0 Å². The fraction of sp³-hybridized carbons (Fsp3) is 0.250. The standard InChI is InChI=1S/C16H16I2O2S/c17-15(11-13-7-3-1-4-8-13)21(19,20)16(18)12-14-9-5-2-6-10-14/h1-10,15-16H,11-12H2. The van der Waals surface area contributed by atoms with Gasteiger partial charge in [-0.15, -0.1) is 0 Å². The molecule has 0 saturated heterocycles. The third-order valence-corrected chi connectivity index (χ3v) is 10.1. The van der Waals surface area contributed by atoms with Gasteiger partial charge in [0, 0.05) is 0 Å². The highest BCUT2D eigenvalue weighted by Crippen LogP contribution is 2.26. The summed E-state index contributed by atoms with van der Waals surface area (Å²) in [6.45, 7) is 0. The monoisotopic (exact) mass is 526 g/mol. The van der Waals surface area contributed by atoms with Crippen LogP contribution in [0.5, 0.6) is 0 Å². The molecule has 2 unspecified atom stereocenters. The molecular weight excluding hydrogens is 510 g/mol. The number of hydrogen-bond acceptors (Lipinski definition) is 2. The second kappa shape index (κ2) is 7.92. The largest absolute Gasteiger partial charge is 0.227 e. The third kappa shape index (κ3) is 4.92. The van der Waals surface area contributed by atoms with Crippen molar-refractivity contribution >= 4 is 55.0 Å². The van der Waals surface area contributed by atoms with Gasteiger partial charge in [0.2, 0.25) is 0 Å². The lowest BCUT2D eigenvalue weighted by atomic mass is 10.2. The zero-order valence-electron chi connectivity index (χ0n) is 11.3. The maximum absolute atomic E-state index is 12.6. The lowest BCUT2D eigenvalue weighted by Gasteiger charge is -2.16. The lowest BCUT2D eigenvalue weighted by molar-refractivity contribution is 0.591. The molecular formula is C16H16I2O2S. The van der Waals surface area contributed by atoms with Crippen LogP contribution in [0.4, 0.5) is 0 Å². The van der Waals surface area contributed by atoms with Crippen LogP contribution in [0.25, 0.3) is 0 Å². The van der Waals surface area contributed by atoms with Gasteiger partial charge in [-0.05, 0) is 24.0 Å². The molecule has 0 aromatic heterocycles. The highest BCUT2D eigenvalue weighted by molar-refractivity contribution is 14.1. The molecule has 0 radical (unpaired) electrons. The molecule has 2 aromatic carbocycles. The summed E-state index contributed by atoms with van der Waals surface area (Å²) in [5.74, 6) is 0. The lowest BCUT2D eigenvalue weighted by Crippen LogP contribution is -2.27. The second-order valence-electron chi connectivity index (χ2n) is 4.79. The molecule has 2 rings (SSSR count). The van der Waals surface area contributed by atoms with Crippen molar-refractivity contribution in [1.29, 1.82) is 0 Å². The summed E-state index contributed by atoms with van der Waals surface area (Å²) in [6.07, 6.45) is 1.11. The molecule has 0 saturated carbocycles. The van der Waals surface area contributed by atoms with E-state index in [0.717, 1.165) is 11.1 Å². The van der Waals surface area contributed by atoms with E-state index in [2.05, 4.69) is 45.2 Å². The Bertz CT molecular complexity index is 604. The van der Waals surface area contributed by atoms with Gasteiger partial charge in [-0.1, -0.05) is 106 Å². The van der Waals surface area contributed by atoms with E-state index in [-0.39, 0.29) is 0 Å². The van der Waals surface area contributed by atoms with E-state index < -0.39 is 16.4 Å². The minimum atomic E-state index is -3.16. The number of benzene rings is 2. The van der Waals surface area contributed by atoms with Crippen LogP contribution in [0, 0.1) is 0 Å². The molecule has 0 amide bonds. The first kappa shape index (κ1) is 17.2. The normalized spacial score (nSPS) is 14.6. The van der Waals surface area contributed by atoms with Gasteiger partial charge in [0.25, 0.3) is 0 Å². The molecule has 2 aromatic rings. The highest BCUT2D eigenvalue weighted by atomic mass is 127. The summed E-state index contributed by atoms with van der Waals surface area (Å²) in [7, 11) is -3.16. The average molecular weight is 526 g/mol. The molecule has 0 aliphatic rings. The van der Waals surface area contributed by atoms with E-state index >= 15 is 0 Å². The third-order valence-electron chi connectivity index (χ3n) is 3.19. The fourth-order valence-electron chi connectivity index (χ4n) is 1.99. The Kier molecular flexibility index (Phi) is 6.49. The van der Waals surface area contributed by atoms with Crippen molar-refractivity contribution in [2.75, 3.05) is 0 Å². The Labute approximate surface area is 153 Å². The molecule has 0 bridgehead atoms. The van der Waals surface area contributed by atoms with Crippen LogP contribution in [-0.4, -0.2) is 14.9 Å². The molecule has 21 heavy (non-hydrogen) atoms. The first-order chi connectivity index (χ1) is 10.00. The minimum absolute atomic E-state index is 0.400. The zero-order valence-corrected chi connectivity index (χ0v) is 16.5. The Hall–Kier alpha value is -0.150. The predicted molar refractivity (Wildman–Crippen MR) is 105 cm³/mol. The molecule has 112 valence electrons. The van der Waals surface area contributed by atoms with E-state index in [1.54, 1.807) is 0 Å². The van der Waals surface area contributed by atoms with Crippen molar-refractivity contribution in [3.63, 3.8) is 0 Å². The Morgan fingerprint density at radius 3 is 1.38 bits per heavy atom. The van der Waals surface area contributed by atoms with Gasteiger partial charge in [0.05, 0.1) is 0 Å². The van der Waals surface area contributed by atoms with Gasteiger partial charge < -0.3 is 0 Å². The van der Waals surface area contributed by atoms with E-state index in [9.17, 15) is 8.42 Å². The minimum Gasteiger partial charge on any atom is -0.227 e. The molecule has 5 heteroatoms. The SMILES string of the molecule is O=S(=O)(C(I)Cc1ccccc1)C(I)Cc1ccccc1. The van der Waals surface area contributed by atoms with Crippen LogP contribution < -0.4 is 0 Å². The summed E-state index contributed by atoms with van der Waals surface area (Å²) < 4.78 is 24.4. The van der Waals surface area contributed by atoms with Crippen molar-refractivity contribution in [1.82, 2.24) is 0 Å². The van der Waals surface area contributed by atoms with E-state index in [1.807, 2.05) is 60.7 Å². The van der Waals surface area contributed by atoms with Gasteiger partial charge in [0.15, 0.2) is 9.84 Å². The molecule has 0 spiro atoms. The molecule has 0 N–H and O–H groups in total. The molecule has 2 nitrogen and oxygen atoms in total. The zero-order chi connectivity index (χ0) is 15.3. The van der Waals surface area contributed by atoms with Gasteiger partial charge in [0.1, 0.15) is 6.51 Å². The van der Waals surface area contributed by atoms with Gasteiger partial charge in [-0.2, -0.15) is 0 Å². The van der Waals surface area contributed by atoms with Crippen molar-refractivity contribution in [2.24, 2.45) is 0 Å². The first-order valence-electron chi connectivity index (χ1n) is 6.59. The second-order valence-corrected chi connectivity index (χ2v) is 11.8. The highest BCUT2D eigenvalue weighted by Gasteiger charge is 2.30. The van der Waals surface area contributed by atoms with E-state index in [1.165, 1.54) is 0 Å². The molecule has 0 aliphatic carbocycles. The van der Waals surface area contributed by atoms with Crippen LogP contribution in [0.1, 0.15) is 11.1 Å². The Morgan fingerprint density at radius 1 is 0.714 bits per heavy atom. The topological polar surface area (TPSA) is 34.1 Å². The van der Waals surface area contributed by atoms with Gasteiger partial charge in [-0.25, -0.2) is 8.42 Å². The quantitative estimate of drug-likeness (QED) is 0.413. The number of alkyl halides is 2. The van der Waals surface area contributed by atoms with E-state index in [4.69, 9.17) is 0 Å². The molecule has 2 atom stereocenters. The van der Waals surface area contributed by atoms with Crippen molar-refractivity contribution in [2.45, 2.75) is 19.4 Å². The van der Waals surface area contributed by atoms with Crippen molar-refractivity contribution in [3.05, 3.63) is 71.8 Å². The maximum atomic E-state index is 12.6. The number of rotatable bonds is 6. The summed E-state index contributed by atoms with van der Waals surface area (Å²) in [4.78, 5) is 0. The first-order valence-corrected chi connectivity index (χ1v) is 10.7. The molecule has 0 fully saturated rings. The Morgan fingerprint density at radius 2 is 1.05 bits per heavy atom. The van der Waals surface area contributed by atoms with Gasteiger partial charge in [-0.3, -0.25) is 0 Å². The summed E-state index contributed by atoms with van der Waals surface area (Å²) in [5, 5.41) is 0. The average Bonchev–Trinajstić information content (AvgIpc) is 2.49. The number of sulfone groups is 1. The maximum Gasteiger partial charge on any atom is 0.174 e. The van der Waals surface area contributed by atoms with Crippen molar-refractivity contribution in [3.8, 4) is 0 Å². The van der Waals surface area contributed by atoms with Crippen molar-refractivity contribution < 1.29 is 8.42 Å². The van der Waals surface area contributed by atoms with Gasteiger partial charge >= 0.3 is 0 Å². The molecule has 0 aliphatic heterocycles. The van der Waals surface area contributed by atoms with Crippen LogP contribution in [0.15, 0.2) is 60.7 Å². The van der Waals surface area contributed by atoms with Crippen LogP contribution >= 0.6 is 45.2 Å². The Balaban J connectivity index is 2.06. The summed E-state index contributed by atoms with van der Waals surface area (Å²) >= 11 is 4.11. The number of halogens is 2. The van der Waals surface area contributed by atoms with E-state index in [0.29, 0.717) is 12.8 Å². The summed E-state index contributed by atoms with van der Waals surface area (Å²) in [6, 6.07) is 19.5. The number of hydrogen-bond donors (Lipinski definition) is 0. The fourth-order valence-corrected chi connectivity index (χ4v) is 7.99.